The van der Waals surface area contributed by atoms with Crippen LogP contribution >= 0.6 is 0 Å². The molecule has 2 saturated heterocycles. The van der Waals surface area contributed by atoms with Crippen molar-refractivity contribution in [3.05, 3.63) is 59.2 Å². The lowest BCUT2D eigenvalue weighted by Crippen LogP contribution is -2.49. The van der Waals surface area contributed by atoms with E-state index >= 15 is 0 Å². The molecule has 3 fully saturated rings. The molecule has 1 saturated carbocycles. The predicted octanol–water partition coefficient (Wildman–Crippen LogP) is 3.73. The molecule has 6 nitrogen and oxygen atoms in total. The Morgan fingerprint density at radius 3 is 2.47 bits per heavy atom. The summed E-state index contributed by atoms with van der Waals surface area (Å²) in [5.41, 5.74) is 4.84. The Bertz CT molecular complexity index is 993. The number of piperazine rings is 1. The van der Waals surface area contributed by atoms with Crippen LogP contribution in [0.25, 0.3) is 0 Å². The molecule has 5 rings (SSSR count). The molecule has 2 heterocycles. The number of rotatable bonds is 5. The first kappa shape index (κ1) is 21.0. The molecule has 2 aliphatic heterocycles. The van der Waals surface area contributed by atoms with Crippen LogP contribution in [0.4, 0.5) is 11.4 Å². The number of amides is 2. The molecule has 32 heavy (non-hydrogen) atoms. The fourth-order valence-electron chi connectivity index (χ4n) is 4.79. The van der Waals surface area contributed by atoms with E-state index in [1.54, 1.807) is 0 Å². The van der Waals surface area contributed by atoms with E-state index in [0.29, 0.717) is 6.54 Å². The zero-order valence-electron chi connectivity index (χ0n) is 18.8. The number of nitrogens with one attached hydrogen (secondary N) is 2. The van der Waals surface area contributed by atoms with Crippen molar-refractivity contribution < 1.29 is 9.59 Å². The van der Waals surface area contributed by atoms with Gasteiger partial charge in [-0.25, -0.2) is 0 Å². The average Bonchev–Trinajstić information content (AvgIpc) is 3.53. The van der Waals surface area contributed by atoms with Crippen molar-refractivity contribution in [2.24, 2.45) is 5.92 Å². The van der Waals surface area contributed by atoms with Crippen LogP contribution in [0.5, 0.6) is 0 Å². The smallest absolute Gasteiger partial charge is 0.256 e. The highest BCUT2D eigenvalue weighted by Gasteiger charge is 2.32. The third-order valence-corrected chi connectivity index (χ3v) is 6.86. The molecule has 3 aliphatic rings. The molecule has 1 unspecified atom stereocenters. The highest BCUT2D eigenvalue weighted by atomic mass is 16.2. The van der Waals surface area contributed by atoms with Gasteiger partial charge in [0.05, 0.1) is 17.3 Å². The maximum absolute atomic E-state index is 13.9. The summed E-state index contributed by atoms with van der Waals surface area (Å²) >= 11 is 0. The minimum Gasteiger partial charge on any atom is -0.371 e. The molecule has 1 atom stereocenters. The first-order chi connectivity index (χ1) is 15.6. The van der Waals surface area contributed by atoms with Gasteiger partial charge in [0, 0.05) is 44.3 Å². The van der Waals surface area contributed by atoms with Gasteiger partial charge >= 0.3 is 0 Å². The van der Waals surface area contributed by atoms with Gasteiger partial charge in [0.25, 0.3) is 5.91 Å². The average molecular weight is 433 g/mol. The monoisotopic (exact) mass is 432 g/mol. The van der Waals surface area contributed by atoms with Gasteiger partial charge in [0.2, 0.25) is 5.91 Å². The van der Waals surface area contributed by atoms with E-state index in [4.69, 9.17) is 0 Å². The highest BCUT2D eigenvalue weighted by molar-refractivity contribution is 6.02. The van der Waals surface area contributed by atoms with Crippen LogP contribution in [0, 0.1) is 12.8 Å². The lowest BCUT2D eigenvalue weighted by Gasteiger charge is -2.37. The molecule has 2 aromatic carbocycles. The number of hydrogen-bond acceptors (Lipinski definition) is 4. The summed E-state index contributed by atoms with van der Waals surface area (Å²) in [5.74, 6) is 0.319. The number of aryl methyl sites for hydroxylation is 1. The number of carbonyl (C=O) groups excluding carboxylic acids is 2. The van der Waals surface area contributed by atoms with E-state index in [0.717, 1.165) is 74.4 Å². The van der Waals surface area contributed by atoms with Crippen LogP contribution in [-0.4, -0.2) is 49.4 Å². The molecule has 0 bridgehead atoms. The number of hydrogen-bond donors (Lipinski definition) is 2. The van der Waals surface area contributed by atoms with Gasteiger partial charge in [-0.1, -0.05) is 29.8 Å². The van der Waals surface area contributed by atoms with Crippen LogP contribution in [0.1, 0.15) is 53.2 Å². The summed E-state index contributed by atoms with van der Waals surface area (Å²) in [4.78, 5) is 30.5. The van der Waals surface area contributed by atoms with Crippen molar-refractivity contribution in [2.75, 3.05) is 42.9 Å². The third-order valence-electron chi connectivity index (χ3n) is 6.86. The second kappa shape index (κ2) is 8.94. The SMILES string of the molecule is Cc1ccc(C2CNCCN2C(=O)c2ccc(NC(=O)C3CC3)cc2N2CCCC2)cc1. The van der Waals surface area contributed by atoms with Crippen LogP contribution in [0.3, 0.4) is 0 Å². The summed E-state index contributed by atoms with van der Waals surface area (Å²) in [5, 5.41) is 6.50. The molecule has 2 aromatic rings. The minimum absolute atomic E-state index is 0.0116. The molecular weight excluding hydrogens is 400 g/mol. The maximum Gasteiger partial charge on any atom is 0.256 e. The number of benzene rings is 2. The Morgan fingerprint density at radius 2 is 1.75 bits per heavy atom. The Labute approximate surface area is 190 Å². The molecule has 1 aliphatic carbocycles. The van der Waals surface area contributed by atoms with Gasteiger partial charge < -0.3 is 20.4 Å². The molecule has 2 amide bonds. The lowest BCUT2D eigenvalue weighted by molar-refractivity contribution is -0.117. The number of nitrogens with zero attached hydrogens (tertiary/aromatic N) is 2. The van der Waals surface area contributed by atoms with Gasteiger partial charge in [-0.15, -0.1) is 0 Å². The summed E-state index contributed by atoms with van der Waals surface area (Å²) in [6.45, 7) is 6.20. The van der Waals surface area contributed by atoms with Crippen molar-refractivity contribution in [1.82, 2.24) is 10.2 Å². The molecular formula is C26H32N4O2. The van der Waals surface area contributed by atoms with Crippen molar-refractivity contribution in [3.63, 3.8) is 0 Å². The molecule has 6 heteroatoms. The first-order valence-electron chi connectivity index (χ1n) is 11.9. The molecule has 0 spiro atoms. The second-order valence-electron chi connectivity index (χ2n) is 9.32. The first-order valence-corrected chi connectivity index (χ1v) is 11.9. The molecule has 2 N–H and O–H groups in total. The van der Waals surface area contributed by atoms with E-state index in [1.165, 1.54) is 5.56 Å². The summed E-state index contributed by atoms with van der Waals surface area (Å²) in [6, 6.07) is 14.3. The van der Waals surface area contributed by atoms with E-state index in [1.807, 2.05) is 23.1 Å². The summed E-state index contributed by atoms with van der Waals surface area (Å²) in [6.07, 6.45) is 4.22. The fourth-order valence-corrected chi connectivity index (χ4v) is 4.79. The van der Waals surface area contributed by atoms with Crippen LogP contribution in [0.15, 0.2) is 42.5 Å². The van der Waals surface area contributed by atoms with Crippen LogP contribution < -0.4 is 15.5 Å². The molecule has 0 radical (unpaired) electrons. The predicted molar refractivity (Wildman–Crippen MR) is 127 cm³/mol. The lowest BCUT2D eigenvalue weighted by atomic mass is 10.00. The van der Waals surface area contributed by atoms with Gasteiger partial charge in [-0.3, -0.25) is 9.59 Å². The Balaban J connectivity index is 1.45. The van der Waals surface area contributed by atoms with Crippen molar-refractivity contribution >= 4 is 23.2 Å². The molecule has 168 valence electrons. The van der Waals surface area contributed by atoms with Crippen molar-refractivity contribution in [1.29, 1.82) is 0 Å². The van der Waals surface area contributed by atoms with Crippen LogP contribution in [-0.2, 0) is 4.79 Å². The minimum atomic E-state index is 0.0116. The normalized spacial score (nSPS) is 21.0. The van der Waals surface area contributed by atoms with Crippen molar-refractivity contribution in [3.8, 4) is 0 Å². The van der Waals surface area contributed by atoms with Gasteiger partial charge in [0.1, 0.15) is 0 Å². The topological polar surface area (TPSA) is 64.7 Å². The van der Waals surface area contributed by atoms with E-state index < -0.39 is 0 Å². The summed E-state index contributed by atoms with van der Waals surface area (Å²) < 4.78 is 0. The molecule has 0 aromatic heterocycles. The van der Waals surface area contributed by atoms with E-state index in [-0.39, 0.29) is 23.8 Å². The largest absolute Gasteiger partial charge is 0.371 e. The Kier molecular flexibility index (Phi) is 5.87. The third kappa shape index (κ3) is 4.37. The van der Waals surface area contributed by atoms with E-state index in [9.17, 15) is 9.59 Å². The quantitative estimate of drug-likeness (QED) is 0.756. The van der Waals surface area contributed by atoms with Gasteiger partial charge in [-0.2, -0.15) is 0 Å². The highest BCUT2D eigenvalue weighted by Crippen LogP contribution is 2.34. The maximum atomic E-state index is 13.9. The number of carbonyl (C=O) groups is 2. The van der Waals surface area contributed by atoms with Crippen molar-refractivity contribution in [2.45, 2.75) is 38.6 Å². The van der Waals surface area contributed by atoms with Gasteiger partial charge in [0.15, 0.2) is 0 Å². The standard InChI is InChI=1S/C26H32N4O2/c1-18-4-6-19(7-5-18)24-17-27-12-15-30(24)26(32)22-11-10-21(28-25(31)20-8-9-20)16-23(22)29-13-2-3-14-29/h4-7,10-11,16,20,24,27H,2-3,8-9,12-15,17H2,1H3,(H,28,31). The second-order valence-corrected chi connectivity index (χ2v) is 9.32. The zero-order chi connectivity index (χ0) is 22.1. The number of anilines is 2. The summed E-state index contributed by atoms with van der Waals surface area (Å²) in [7, 11) is 0. The van der Waals surface area contributed by atoms with Gasteiger partial charge in [-0.05, 0) is 56.4 Å². The Morgan fingerprint density at radius 1 is 1.00 bits per heavy atom. The van der Waals surface area contributed by atoms with Crippen LogP contribution in [0.2, 0.25) is 0 Å². The fraction of sp³-hybridized carbons (Fsp3) is 0.462. The van der Waals surface area contributed by atoms with E-state index in [2.05, 4.69) is 46.7 Å². The Hall–Kier alpha value is -2.86. The zero-order valence-corrected chi connectivity index (χ0v) is 18.8.